The summed E-state index contributed by atoms with van der Waals surface area (Å²) in [5.41, 5.74) is 15.1. The van der Waals surface area contributed by atoms with Gasteiger partial charge in [-0.2, -0.15) is 0 Å². The molecule has 0 heterocycles. The molecule has 16 unspecified atom stereocenters. The van der Waals surface area contributed by atoms with Gasteiger partial charge in [-0.15, -0.1) is 11.8 Å². The number of thioether (sulfide) groups is 1. The lowest BCUT2D eigenvalue weighted by molar-refractivity contribution is -0.0545. The monoisotopic (exact) mass is 1910 g/mol. The molecule has 16 atom stereocenters. The first-order valence-electron chi connectivity index (χ1n) is 56.2. The lowest BCUT2D eigenvalue weighted by atomic mass is 9.49. The van der Waals surface area contributed by atoms with Crippen molar-refractivity contribution in [3.63, 3.8) is 0 Å². The van der Waals surface area contributed by atoms with E-state index in [4.69, 9.17) is 48.1 Å². The van der Waals surface area contributed by atoms with Crippen LogP contribution < -0.4 is 0 Å². The molecule has 12 bridgehead atoms. The van der Waals surface area contributed by atoms with Crippen molar-refractivity contribution in [3.8, 4) is 11.1 Å². The molecule has 24 rings (SSSR count). The number of hydrogen-bond acceptors (Lipinski definition) is 8. The molecule has 5 nitrogen and oxygen atoms in total. The number of ether oxygens (including phenoxy) is 5. The van der Waals surface area contributed by atoms with Crippen molar-refractivity contribution < 1.29 is 23.7 Å². The zero-order valence-corrected chi connectivity index (χ0v) is 89.8. The first-order valence-corrected chi connectivity index (χ1v) is 58.0. The number of aryl methyl sites for hydroxylation is 1. The molecular weight excluding hydrogens is 1730 g/mol. The molecule has 0 radical (unpaired) electrons. The van der Waals surface area contributed by atoms with E-state index in [2.05, 4.69) is 271 Å². The standard InChI is InChI=1S/C15H14.C15H16.C13H22O.C13H20.C12H20.2C11H14OS.C11H14.C10H18O.C9H18O.C9H12S/c1-2-11-12-7-3-5-9-14(12)15-10-6-4-8-13(11)15;1-15(2,13-9-5-3-6-10-13)14-11-7-4-8-12-14;1-2-6-14-13-8-9-7-12(13)11-5-3-4-10(9)11;1-7-4-10-6-11(7)13-9-3-2-8(5-9)12(10)13;1-2-12-6-9-3-10(7-12)5-11(4-9)8-12;2*1-2-8-12-11(13)9-10-6-4-3-5-7-10;1-9-5-4-7-10-6-2-3-8-11(9)10;1-2-5-11-10-7-8-3-4-9(10)6-8;2*1-2-8-10-9-6-4-3-5-7-9/h3-11H,2H2,1H3;3-12H,1-2H3;9-13H,2-8H2,1H3;7-13H,2-6H2,1H3;9-11H,2-8H2,1H3;2*3-7H,2,8-9H2,1H3;2-3,6,8-9H,4-5,7H2,1H3;8-10H,2-7H2,1H3;9H,2-8H2,1H3;3-7H,2,8H2,1H3. The van der Waals surface area contributed by atoms with E-state index >= 15 is 0 Å². The van der Waals surface area contributed by atoms with E-state index in [-0.39, 0.29) is 5.41 Å². The molecule has 137 heavy (non-hydrogen) atoms. The Morgan fingerprint density at radius 3 is 1.36 bits per heavy atom. The van der Waals surface area contributed by atoms with Gasteiger partial charge in [-0.3, -0.25) is 0 Å². The van der Waals surface area contributed by atoms with Crippen molar-refractivity contribution in [1.29, 1.82) is 0 Å². The van der Waals surface area contributed by atoms with Gasteiger partial charge in [0.25, 0.3) is 0 Å². The van der Waals surface area contributed by atoms with Gasteiger partial charge in [0.1, 0.15) is 0 Å². The second-order valence-corrected chi connectivity index (χ2v) is 46.9. The number of hydrogen-bond donors (Lipinski definition) is 0. The van der Waals surface area contributed by atoms with E-state index in [0.717, 1.165) is 136 Å². The summed E-state index contributed by atoms with van der Waals surface area (Å²) in [6.07, 6.45) is 54.5. The Hall–Kier alpha value is -6.23. The third-order valence-electron chi connectivity index (χ3n) is 34.8. The minimum absolute atomic E-state index is 0.0858. The molecule has 0 amide bonds. The zero-order chi connectivity index (χ0) is 96.1. The molecule has 746 valence electrons. The van der Waals surface area contributed by atoms with E-state index in [1.807, 2.05) is 48.2 Å². The van der Waals surface area contributed by atoms with Gasteiger partial charge in [-0.1, -0.05) is 328 Å². The van der Waals surface area contributed by atoms with Crippen LogP contribution in [0.1, 0.15) is 364 Å². The Kier molecular flexibility index (Phi) is 44.7. The van der Waals surface area contributed by atoms with E-state index in [1.165, 1.54) is 232 Å². The fourth-order valence-corrected chi connectivity index (χ4v) is 29.9. The van der Waals surface area contributed by atoms with Gasteiger partial charge >= 0.3 is 0 Å². The summed E-state index contributed by atoms with van der Waals surface area (Å²) in [5.74, 6) is 20.5. The van der Waals surface area contributed by atoms with Crippen molar-refractivity contribution in [2.75, 3.05) is 38.8 Å². The van der Waals surface area contributed by atoms with E-state index in [0.29, 0.717) is 34.3 Å². The van der Waals surface area contributed by atoms with Crippen LogP contribution in [0.4, 0.5) is 0 Å². The molecule has 0 aliphatic heterocycles. The highest BCUT2D eigenvalue weighted by Gasteiger charge is 2.61. The molecule has 0 N–H and O–H groups in total. The van der Waals surface area contributed by atoms with E-state index in [1.54, 1.807) is 81.8 Å². The van der Waals surface area contributed by atoms with E-state index < -0.39 is 0 Å². The number of thiocarbonyl (C=S) groups is 2. The third kappa shape index (κ3) is 31.2. The van der Waals surface area contributed by atoms with Crippen LogP contribution in [0.25, 0.3) is 11.1 Å². The molecule has 8 aromatic carbocycles. The van der Waals surface area contributed by atoms with Crippen LogP contribution >= 0.6 is 36.2 Å². The Bertz CT molecular complexity index is 4520. The van der Waals surface area contributed by atoms with Crippen molar-refractivity contribution in [1.82, 2.24) is 0 Å². The topological polar surface area (TPSA) is 46.2 Å². The SMILES string of the molecule is CC(C)(c1ccccc1)c1ccccc1.CC1CC2CC1C1C3CCC(C3)C21.CC1CCCc2ccccc21.CCC12CC3CC(CC(C3)C1)C2.CCC1c2ccccc2-c2ccccc21.CCCOC(=S)Cc1ccccc1.CCCOC(=S)Cc1ccccc1.CCCOC1CC2CC1C1CCCC21.CCCOC1CC2CCC1C2.CCCOC1CCCCC1.CCCSc1ccccc1. The lowest BCUT2D eigenvalue weighted by Crippen LogP contribution is -2.45. The fraction of sp³-hybridized carbons (Fsp3) is 0.612. The zero-order valence-electron chi connectivity index (χ0n) is 87.4. The molecule has 0 aromatic heterocycles. The summed E-state index contributed by atoms with van der Waals surface area (Å²) in [5, 5.41) is 1.38. The highest BCUT2D eigenvalue weighted by molar-refractivity contribution is 7.99. The molecule has 8 heteroatoms. The largest absolute Gasteiger partial charge is 0.487 e. The minimum Gasteiger partial charge on any atom is -0.487 e. The van der Waals surface area contributed by atoms with Crippen LogP contribution in [-0.4, -0.2) is 67.2 Å². The quantitative estimate of drug-likeness (QED) is 0.0337. The second-order valence-electron chi connectivity index (χ2n) is 44.8. The highest BCUT2D eigenvalue weighted by atomic mass is 32.2. The molecule has 0 spiro atoms. The molecule has 14 fully saturated rings. The Morgan fingerprint density at radius 1 is 0.365 bits per heavy atom. The molecular formula is C129H182O5S3. The molecule has 8 aromatic rings. The first-order chi connectivity index (χ1) is 67.0. The second kappa shape index (κ2) is 56.7. The summed E-state index contributed by atoms with van der Waals surface area (Å²) in [6.45, 7) is 31.4. The smallest absolute Gasteiger partial charge is 0.164 e. The maximum Gasteiger partial charge on any atom is 0.164 e. The van der Waals surface area contributed by atoms with E-state index in [9.17, 15) is 0 Å². The van der Waals surface area contributed by atoms with Crippen molar-refractivity contribution >= 4 is 46.3 Å². The van der Waals surface area contributed by atoms with Gasteiger partial charge in [0, 0.05) is 48.9 Å². The summed E-state index contributed by atoms with van der Waals surface area (Å²) < 4.78 is 28.1. The summed E-state index contributed by atoms with van der Waals surface area (Å²) in [4.78, 5) is 1.38. The number of benzene rings is 8. The number of fused-ring (bicyclic) bond motifs is 20. The number of rotatable bonds is 24. The van der Waals surface area contributed by atoms with Crippen LogP contribution in [-0.2, 0) is 48.4 Å². The first kappa shape index (κ1) is 108. The maximum atomic E-state index is 5.99. The lowest BCUT2D eigenvalue weighted by Gasteiger charge is -2.56. The van der Waals surface area contributed by atoms with Crippen molar-refractivity contribution in [2.24, 2.45) is 100 Å². The average Bonchev–Trinajstić information content (AvgIpc) is 1.54. The van der Waals surface area contributed by atoms with Crippen molar-refractivity contribution in [3.05, 3.63) is 269 Å². The molecule has 16 aliphatic carbocycles. The van der Waals surface area contributed by atoms with Gasteiger partial charge in [-0.25, -0.2) is 0 Å². The summed E-state index contributed by atoms with van der Waals surface area (Å²) in [7, 11) is 0. The fourth-order valence-electron chi connectivity index (χ4n) is 28.6. The van der Waals surface area contributed by atoms with Gasteiger partial charge in [0.2, 0.25) is 0 Å². The van der Waals surface area contributed by atoms with Gasteiger partial charge in [0.05, 0.1) is 31.5 Å². The summed E-state index contributed by atoms with van der Waals surface area (Å²) in [6, 6.07) is 78.5. The van der Waals surface area contributed by atoms with Crippen LogP contribution in [0.5, 0.6) is 0 Å². The Balaban J connectivity index is 0.000000128. The molecule has 16 aliphatic rings. The maximum absolute atomic E-state index is 5.99. The van der Waals surface area contributed by atoms with Gasteiger partial charge in [0.15, 0.2) is 10.1 Å². The molecule has 14 saturated carbocycles. The van der Waals surface area contributed by atoms with Gasteiger partial charge < -0.3 is 23.7 Å². The predicted molar refractivity (Wildman–Crippen MR) is 592 cm³/mol. The van der Waals surface area contributed by atoms with Crippen LogP contribution in [0.2, 0.25) is 0 Å². The third-order valence-corrected chi connectivity index (χ3v) is 36.5. The van der Waals surface area contributed by atoms with Crippen molar-refractivity contribution in [2.45, 2.75) is 368 Å². The van der Waals surface area contributed by atoms with Gasteiger partial charge in [-0.05, 0) is 403 Å². The normalized spacial score (nSPS) is 28.5. The summed E-state index contributed by atoms with van der Waals surface area (Å²) >= 11 is 12.1. The average molecular weight is 1910 g/mol. The molecule has 0 saturated heterocycles. The van der Waals surface area contributed by atoms with Crippen LogP contribution in [0.3, 0.4) is 0 Å². The Morgan fingerprint density at radius 2 is 0.847 bits per heavy atom. The van der Waals surface area contributed by atoms with Crippen LogP contribution in [0, 0.1) is 100 Å². The highest BCUT2D eigenvalue weighted by Crippen LogP contribution is 2.69. The minimum atomic E-state index is 0.0858. The predicted octanol–water partition coefficient (Wildman–Crippen LogP) is 36.0. The van der Waals surface area contributed by atoms with Crippen LogP contribution in [0.15, 0.2) is 229 Å². The Labute approximate surface area is 850 Å².